The summed E-state index contributed by atoms with van der Waals surface area (Å²) in [7, 11) is 1.34. The molecule has 0 aliphatic carbocycles. The minimum absolute atomic E-state index is 0.146. The quantitative estimate of drug-likeness (QED) is 0.692. The lowest BCUT2D eigenvalue weighted by Gasteiger charge is -2.06. The Labute approximate surface area is 123 Å². The minimum atomic E-state index is -0.415. The fraction of sp³-hybridized carbons (Fsp3) is 0.176. The molecule has 0 radical (unpaired) electrons. The molecule has 0 saturated carbocycles. The van der Waals surface area contributed by atoms with Gasteiger partial charge in [0, 0.05) is 11.8 Å². The van der Waals surface area contributed by atoms with E-state index in [1.54, 1.807) is 30.5 Å². The highest BCUT2D eigenvalue weighted by Gasteiger charge is 2.09. The van der Waals surface area contributed by atoms with Crippen LogP contribution < -0.4 is 0 Å². The third-order valence-corrected chi connectivity index (χ3v) is 3.13. The first-order valence-electron chi connectivity index (χ1n) is 6.54. The Balaban J connectivity index is 2.41. The van der Waals surface area contributed by atoms with Crippen LogP contribution in [0.25, 0.3) is 0 Å². The van der Waals surface area contributed by atoms with Gasteiger partial charge in [0.25, 0.3) is 0 Å². The van der Waals surface area contributed by atoms with Crippen LogP contribution in [0, 0.1) is 13.8 Å². The molecule has 2 aromatic rings. The number of nitrogens with zero attached hydrogens (tertiary/aromatic N) is 1. The molecule has 4 nitrogen and oxygen atoms in total. The second-order valence-electron chi connectivity index (χ2n) is 4.79. The number of carbonyl (C=O) groups is 1. The van der Waals surface area contributed by atoms with E-state index in [0.717, 1.165) is 11.1 Å². The van der Waals surface area contributed by atoms with Crippen molar-refractivity contribution in [3.05, 3.63) is 58.7 Å². The molecule has 0 heterocycles. The maximum absolute atomic E-state index is 11.7. The van der Waals surface area contributed by atoms with Crippen molar-refractivity contribution >= 4 is 17.9 Å². The van der Waals surface area contributed by atoms with Gasteiger partial charge in [-0.2, -0.15) is 0 Å². The van der Waals surface area contributed by atoms with Crippen LogP contribution in [0.2, 0.25) is 0 Å². The van der Waals surface area contributed by atoms with Crippen LogP contribution in [0.3, 0.4) is 0 Å². The monoisotopic (exact) mass is 283 g/mol. The van der Waals surface area contributed by atoms with E-state index in [9.17, 15) is 9.90 Å². The smallest absolute Gasteiger partial charge is 0.338 e. The zero-order valence-electron chi connectivity index (χ0n) is 12.3. The lowest BCUT2D eigenvalue weighted by molar-refractivity contribution is 0.0600. The van der Waals surface area contributed by atoms with Crippen LogP contribution >= 0.6 is 0 Å². The van der Waals surface area contributed by atoms with E-state index < -0.39 is 5.97 Å². The fourth-order valence-corrected chi connectivity index (χ4v) is 2.08. The number of aryl methyl sites for hydroxylation is 2. The molecule has 0 bridgehead atoms. The average Bonchev–Trinajstić information content (AvgIpc) is 2.49. The molecule has 0 saturated heterocycles. The molecular weight excluding hydrogens is 266 g/mol. The van der Waals surface area contributed by atoms with E-state index in [1.165, 1.54) is 7.11 Å². The molecule has 0 atom stereocenters. The van der Waals surface area contributed by atoms with E-state index in [4.69, 9.17) is 4.74 Å². The summed E-state index contributed by atoms with van der Waals surface area (Å²) in [5.41, 5.74) is 3.34. The van der Waals surface area contributed by atoms with Crippen LogP contribution in [0.4, 0.5) is 5.69 Å². The molecule has 0 unspecified atom stereocenters. The lowest BCUT2D eigenvalue weighted by atomic mass is 10.1. The largest absolute Gasteiger partial charge is 0.505 e. The number of phenolic OH excluding ortho intramolecular Hbond substituents is 1. The molecule has 0 spiro atoms. The third-order valence-electron chi connectivity index (χ3n) is 3.13. The van der Waals surface area contributed by atoms with Crippen molar-refractivity contribution in [1.29, 1.82) is 0 Å². The third kappa shape index (κ3) is 3.28. The number of methoxy groups -OCH3 is 1. The van der Waals surface area contributed by atoms with Gasteiger partial charge in [0.05, 0.1) is 12.7 Å². The van der Waals surface area contributed by atoms with E-state index in [2.05, 4.69) is 4.99 Å². The number of ether oxygens (including phenoxy) is 1. The molecule has 0 fully saturated rings. The SMILES string of the molecule is COC(=O)c1ccccc1C=Nc1cc(C)cc(C)c1O. The first-order valence-corrected chi connectivity index (χ1v) is 6.54. The van der Waals surface area contributed by atoms with Gasteiger partial charge in [-0.3, -0.25) is 4.99 Å². The fourth-order valence-electron chi connectivity index (χ4n) is 2.08. The van der Waals surface area contributed by atoms with Crippen LogP contribution in [-0.4, -0.2) is 24.4 Å². The number of aromatic hydroxyl groups is 1. The van der Waals surface area contributed by atoms with Crippen molar-refractivity contribution < 1.29 is 14.6 Å². The highest BCUT2D eigenvalue weighted by Crippen LogP contribution is 2.31. The van der Waals surface area contributed by atoms with Gasteiger partial charge in [-0.25, -0.2) is 4.79 Å². The summed E-state index contributed by atoms with van der Waals surface area (Å²) in [6.45, 7) is 3.76. The predicted molar refractivity (Wildman–Crippen MR) is 82.6 cm³/mol. The Kier molecular flexibility index (Phi) is 4.38. The Morgan fingerprint density at radius 2 is 1.95 bits per heavy atom. The first kappa shape index (κ1) is 14.8. The van der Waals surface area contributed by atoms with E-state index in [-0.39, 0.29) is 5.75 Å². The number of hydrogen-bond donors (Lipinski definition) is 1. The summed E-state index contributed by atoms with van der Waals surface area (Å²) < 4.78 is 4.74. The summed E-state index contributed by atoms with van der Waals surface area (Å²) >= 11 is 0. The molecule has 21 heavy (non-hydrogen) atoms. The maximum Gasteiger partial charge on any atom is 0.338 e. The van der Waals surface area contributed by atoms with Crippen molar-refractivity contribution in [2.75, 3.05) is 7.11 Å². The van der Waals surface area contributed by atoms with E-state index in [0.29, 0.717) is 16.8 Å². The Morgan fingerprint density at radius 3 is 2.67 bits per heavy atom. The molecule has 0 aromatic heterocycles. The van der Waals surface area contributed by atoms with Crippen LogP contribution in [0.15, 0.2) is 41.4 Å². The summed E-state index contributed by atoms with van der Waals surface area (Å²) in [6.07, 6.45) is 1.56. The van der Waals surface area contributed by atoms with Crippen LogP contribution in [0.1, 0.15) is 27.0 Å². The number of benzene rings is 2. The van der Waals surface area contributed by atoms with Gasteiger partial charge in [-0.15, -0.1) is 0 Å². The summed E-state index contributed by atoms with van der Waals surface area (Å²) in [4.78, 5) is 16.0. The van der Waals surface area contributed by atoms with Gasteiger partial charge in [-0.1, -0.05) is 24.3 Å². The molecule has 2 aromatic carbocycles. The molecule has 0 aliphatic rings. The predicted octanol–water partition coefficient (Wildman–Crippen LogP) is 3.55. The van der Waals surface area contributed by atoms with Crippen molar-refractivity contribution in [3.63, 3.8) is 0 Å². The Morgan fingerprint density at radius 1 is 1.24 bits per heavy atom. The molecule has 0 amide bonds. The minimum Gasteiger partial charge on any atom is -0.505 e. The number of phenols is 1. The standard InChI is InChI=1S/C17H17NO3/c1-11-8-12(2)16(19)15(9-11)18-10-13-6-4-5-7-14(13)17(20)21-3/h4-10,19H,1-3H3. The summed E-state index contributed by atoms with van der Waals surface area (Å²) in [6, 6.07) is 10.7. The zero-order chi connectivity index (χ0) is 15.4. The van der Waals surface area contributed by atoms with Gasteiger partial charge >= 0.3 is 5.97 Å². The normalized spacial score (nSPS) is 10.8. The molecule has 1 N–H and O–H groups in total. The highest BCUT2D eigenvalue weighted by atomic mass is 16.5. The Hall–Kier alpha value is -2.62. The van der Waals surface area contributed by atoms with E-state index in [1.807, 2.05) is 26.0 Å². The van der Waals surface area contributed by atoms with Gasteiger partial charge in [0.2, 0.25) is 0 Å². The second kappa shape index (κ2) is 6.22. The first-order chi connectivity index (χ1) is 10.0. The molecule has 2 rings (SSSR count). The molecular formula is C17H17NO3. The van der Waals surface area contributed by atoms with Gasteiger partial charge < -0.3 is 9.84 Å². The van der Waals surface area contributed by atoms with E-state index >= 15 is 0 Å². The maximum atomic E-state index is 11.7. The highest BCUT2D eigenvalue weighted by molar-refractivity contribution is 6.00. The molecule has 0 aliphatic heterocycles. The number of carbonyl (C=O) groups excluding carboxylic acids is 1. The van der Waals surface area contributed by atoms with Gasteiger partial charge in [0.15, 0.2) is 0 Å². The van der Waals surface area contributed by atoms with Crippen molar-refractivity contribution in [2.45, 2.75) is 13.8 Å². The lowest BCUT2D eigenvalue weighted by Crippen LogP contribution is -2.04. The van der Waals surface area contributed by atoms with Gasteiger partial charge in [0.1, 0.15) is 11.4 Å². The molecule has 108 valence electrons. The Bertz CT molecular complexity index is 705. The number of hydrogen-bond acceptors (Lipinski definition) is 4. The van der Waals surface area contributed by atoms with Crippen molar-refractivity contribution in [3.8, 4) is 5.75 Å². The second-order valence-corrected chi connectivity index (χ2v) is 4.79. The van der Waals surface area contributed by atoms with Gasteiger partial charge in [-0.05, 0) is 37.1 Å². The average molecular weight is 283 g/mol. The van der Waals surface area contributed by atoms with Crippen LogP contribution in [0.5, 0.6) is 5.75 Å². The molecule has 4 heteroatoms. The van der Waals surface area contributed by atoms with Crippen LogP contribution in [-0.2, 0) is 4.74 Å². The number of rotatable bonds is 3. The van der Waals surface area contributed by atoms with Crippen molar-refractivity contribution in [2.24, 2.45) is 4.99 Å². The number of aliphatic imine (C=N–C) groups is 1. The topological polar surface area (TPSA) is 58.9 Å². The zero-order valence-corrected chi connectivity index (χ0v) is 12.3. The van der Waals surface area contributed by atoms with Crippen molar-refractivity contribution in [1.82, 2.24) is 0 Å². The summed E-state index contributed by atoms with van der Waals surface area (Å²) in [5, 5.41) is 10.0. The number of esters is 1. The summed E-state index contributed by atoms with van der Waals surface area (Å²) in [5.74, 6) is -0.269.